The van der Waals surface area contributed by atoms with Crippen LogP contribution in [0.1, 0.15) is 31.9 Å². The normalized spacial score (nSPS) is 17.3. The van der Waals surface area contributed by atoms with E-state index < -0.39 is 6.10 Å². The molecular formula is C24H33NO4. The van der Waals surface area contributed by atoms with Crippen LogP contribution in [0.25, 0.3) is 0 Å². The molecule has 5 nitrogen and oxygen atoms in total. The molecule has 0 fully saturated rings. The molecule has 0 radical (unpaired) electrons. The number of fused-ring (bicyclic) bond motifs is 1. The van der Waals surface area contributed by atoms with Gasteiger partial charge in [-0.15, -0.1) is 0 Å². The fourth-order valence-electron chi connectivity index (χ4n) is 3.45. The lowest BCUT2D eigenvalue weighted by molar-refractivity contribution is 0.0373. The molecule has 2 aromatic rings. The lowest BCUT2D eigenvalue weighted by atomic mass is 9.86. The van der Waals surface area contributed by atoms with Gasteiger partial charge in [0, 0.05) is 13.1 Å². The van der Waals surface area contributed by atoms with Crippen LogP contribution in [0, 0.1) is 6.92 Å². The molecule has 2 unspecified atom stereocenters. The Balaban J connectivity index is 1.45. The van der Waals surface area contributed by atoms with Gasteiger partial charge < -0.3 is 19.3 Å². The lowest BCUT2D eigenvalue weighted by Crippen LogP contribution is -2.42. The molecule has 2 aromatic carbocycles. The maximum atomic E-state index is 10.4. The molecule has 0 amide bonds. The summed E-state index contributed by atoms with van der Waals surface area (Å²) in [4.78, 5) is 2.05. The van der Waals surface area contributed by atoms with Crippen LogP contribution in [0.5, 0.6) is 17.2 Å². The van der Waals surface area contributed by atoms with E-state index in [-0.39, 0.29) is 18.1 Å². The molecule has 1 aliphatic heterocycles. The van der Waals surface area contributed by atoms with Gasteiger partial charge in [0.05, 0.1) is 0 Å². The van der Waals surface area contributed by atoms with E-state index >= 15 is 0 Å². The van der Waals surface area contributed by atoms with E-state index in [9.17, 15) is 5.11 Å². The van der Waals surface area contributed by atoms with Crippen molar-refractivity contribution in [3.63, 3.8) is 0 Å². The standard InChI is InChI=1S/C24H33NO4/c1-17-12-18(24(2,3)4)10-11-21(17)27-15-19(26)13-25(5)14-20-16-28-22-8-6-7-9-23(22)29-20/h6-12,19-20,26H,13-16H2,1-5H3. The largest absolute Gasteiger partial charge is 0.491 e. The Morgan fingerprint density at radius 3 is 2.59 bits per heavy atom. The van der Waals surface area contributed by atoms with Crippen LogP contribution < -0.4 is 14.2 Å². The minimum Gasteiger partial charge on any atom is -0.491 e. The number of likely N-dealkylation sites (N-methyl/N-ethyl adjacent to an activating group) is 1. The molecule has 0 saturated carbocycles. The van der Waals surface area contributed by atoms with Crippen LogP contribution in [-0.4, -0.2) is 55.6 Å². The minimum absolute atomic E-state index is 0.0600. The van der Waals surface area contributed by atoms with Gasteiger partial charge in [-0.3, -0.25) is 4.90 Å². The average molecular weight is 400 g/mol. The van der Waals surface area contributed by atoms with E-state index in [0.717, 1.165) is 22.8 Å². The third kappa shape index (κ3) is 5.87. The highest BCUT2D eigenvalue weighted by Crippen LogP contribution is 2.31. The highest BCUT2D eigenvalue weighted by molar-refractivity contribution is 5.41. The SMILES string of the molecule is Cc1cc(C(C)(C)C)ccc1OCC(O)CN(C)CC1COc2ccccc2O1. The summed E-state index contributed by atoms with van der Waals surface area (Å²) >= 11 is 0. The fraction of sp³-hybridized carbons (Fsp3) is 0.500. The predicted molar refractivity (Wildman–Crippen MR) is 115 cm³/mol. The van der Waals surface area contributed by atoms with Gasteiger partial charge in [-0.25, -0.2) is 0 Å². The van der Waals surface area contributed by atoms with E-state index in [0.29, 0.717) is 19.7 Å². The van der Waals surface area contributed by atoms with Gasteiger partial charge in [-0.1, -0.05) is 45.0 Å². The average Bonchev–Trinajstić information content (AvgIpc) is 2.66. The van der Waals surface area contributed by atoms with Crippen molar-refractivity contribution >= 4 is 0 Å². The third-order valence-electron chi connectivity index (χ3n) is 5.08. The number of hydrogen-bond donors (Lipinski definition) is 1. The molecule has 158 valence electrons. The summed E-state index contributed by atoms with van der Waals surface area (Å²) in [5.74, 6) is 2.38. The Labute approximate surface area is 174 Å². The first-order valence-corrected chi connectivity index (χ1v) is 10.2. The van der Waals surface area contributed by atoms with Crippen molar-refractivity contribution < 1.29 is 19.3 Å². The molecule has 1 aliphatic rings. The van der Waals surface area contributed by atoms with Crippen LogP contribution in [0.15, 0.2) is 42.5 Å². The van der Waals surface area contributed by atoms with Crippen molar-refractivity contribution in [2.45, 2.75) is 45.3 Å². The number of para-hydroxylation sites is 2. The van der Waals surface area contributed by atoms with Gasteiger partial charge in [0.15, 0.2) is 11.5 Å². The molecule has 29 heavy (non-hydrogen) atoms. The Morgan fingerprint density at radius 1 is 1.17 bits per heavy atom. The van der Waals surface area contributed by atoms with Gasteiger partial charge in [-0.05, 0) is 48.7 Å². The topological polar surface area (TPSA) is 51.2 Å². The summed E-state index contributed by atoms with van der Waals surface area (Å²) in [6.45, 7) is 10.6. The van der Waals surface area contributed by atoms with Gasteiger partial charge in [-0.2, -0.15) is 0 Å². The molecule has 0 saturated heterocycles. The third-order valence-corrected chi connectivity index (χ3v) is 5.08. The Bertz CT molecular complexity index is 815. The molecule has 0 aromatic heterocycles. The van der Waals surface area contributed by atoms with Crippen LogP contribution in [0.2, 0.25) is 0 Å². The van der Waals surface area contributed by atoms with E-state index in [1.807, 2.05) is 49.2 Å². The van der Waals surface area contributed by atoms with Crippen LogP contribution in [0.4, 0.5) is 0 Å². The van der Waals surface area contributed by atoms with E-state index in [1.165, 1.54) is 5.56 Å². The second-order valence-corrected chi connectivity index (χ2v) is 8.91. The molecule has 1 heterocycles. The van der Waals surface area contributed by atoms with Crippen molar-refractivity contribution in [1.29, 1.82) is 0 Å². The lowest BCUT2D eigenvalue weighted by Gasteiger charge is -2.30. The first-order chi connectivity index (χ1) is 13.7. The number of aryl methyl sites for hydroxylation is 1. The van der Waals surface area contributed by atoms with Crippen molar-refractivity contribution in [3.8, 4) is 17.2 Å². The molecular weight excluding hydrogens is 366 g/mol. The summed E-state index contributed by atoms with van der Waals surface area (Å²) in [5.41, 5.74) is 2.47. The molecule has 0 bridgehead atoms. The molecule has 5 heteroatoms. The summed E-state index contributed by atoms with van der Waals surface area (Å²) in [5, 5.41) is 10.4. The highest BCUT2D eigenvalue weighted by Gasteiger charge is 2.23. The Kier molecular flexibility index (Phi) is 6.70. The highest BCUT2D eigenvalue weighted by atomic mass is 16.6. The maximum Gasteiger partial charge on any atom is 0.161 e. The summed E-state index contributed by atoms with van der Waals surface area (Å²) in [6.07, 6.45) is -0.645. The monoisotopic (exact) mass is 399 g/mol. The van der Waals surface area contributed by atoms with E-state index in [1.54, 1.807) is 0 Å². The molecule has 1 N–H and O–H groups in total. The second kappa shape index (κ2) is 9.06. The van der Waals surface area contributed by atoms with Gasteiger partial charge >= 0.3 is 0 Å². The van der Waals surface area contributed by atoms with Gasteiger partial charge in [0.1, 0.15) is 31.2 Å². The number of aliphatic hydroxyl groups excluding tert-OH is 1. The smallest absolute Gasteiger partial charge is 0.161 e. The number of rotatable bonds is 7. The van der Waals surface area contributed by atoms with E-state index in [2.05, 4.69) is 32.9 Å². The molecule has 0 aliphatic carbocycles. The van der Waals surface area contributed by atoms with Gasteiger partial charge in [0.25, 0.3) is 0 Å². The van der Waals surface area contributed by atoms with Gasteiger partial charge in [0.2, 0.25) is 0 Å². The first-order valence-electron chi connectivity index (χ1n) is 10.2. The Hall–Kier alpha value is -2.24. The van der Waals surface area contributed by atoms with Crippen molar-refractivity contribution in [2.75, 3.05) is 33.4 Å². The zero-order valence-corrected chi connectivity index (χ0v) is 18.1. The summed E-state index contributed by atoms with van der Waals surface area (Å²) < 4.78 is 17.6. The number of aliphatic hydroxyl groups is 1. The number of nitrogens with zero attached hydrogens (tertiary/aromatic N) is 1. The minimum atomic E-state index is -0.585. The van der Waals surface area contributed by atoms with E-state index in [4.69, 9.17) is 14.2 Å². The molecule has 2 atom stereocenters. The van der Waals surface area contributed by atoms with Crippen molar-refractivity contribution in [1.82, 2.24) is 4.90 Å². The van der Waals surface area contributed by atoms with Crippen LogP contribution in [0.3, 0.4) is 0 Å². The van der Waals surface area contributed by atoms with Crippen molar-refractivity contribution in [3.05, 3.63) is 53.6 Å². The number of benzene rings is 2. The molecule has 3 rings (SSSR count). The maximum absolute atomic E-state index is 10.4. The fourth-order valence-corrected chi connectivity index (χ4v) is 3.45. The Morgan fingerprint density at radius 2 is 1.90 bits per heavy atom. The molecule has 0 spiro atoms. The zero-order valence-electron chi connectivity index (χ0n) is 18.1. The summed E-state index contributed by atoms with van der Waals surface area (Å²) in [7, 11) is 1.97. The van der Waals surface area contributed by atoms with Crippen LogP contribution >= 0.6 is 0 Å². The number of hydrogen-bond acceptors (Lipinski definition) is 5. The van der Waals surface area contributed by atoms with Crippen molar-refractivity contribution in [2.24, 2.45) is 0 Å². The first kappa shape index (κ1) is 21.5. The summed E-state index contributed by atoms with van der Waals surface area (Å²) in [6, 6.07) is 13.9. The zero-order chi connectivity index (χ0) is 21.0. The quantitative estimate of drug-likeness (QED) is 0.767. The second-order valence-electron chi connectivity index (χ2n) is 8.91. The predicted octanol–water partition coefficient (Wildman–Crippen LogP) is 3.80. The number of ether oxygens (including phenoxy) is 3. The van der Waals surface area contributed by atoms with Crippen LogP contribution in [-0.2, 0) is 5.41 Å².